The molecule has 0 aliphatic heterocycles. The summed E-state index contributed by atoms with van der Waals surface area (Å²) in [5.74, 6) is -0.895. The minimum atomic E-state index is -1.50. The first-order chi connectivity index (χ1) is 9.15. The van der Waals surface area contributed by atoms with Crippen LogP contribution in [0.5, 0.6) is 5.75 Å². The van der Waals surface area contributed by atoms with Crippen molar-refractivity contribution in [2.75, 3.05) is 0 Å². The molecule has 0 spiro atoms. The van der Waals surface area contributed by atoms with Crippen LogP contribution in [0.2, 0.25) is 0 Å². The number of aldehydes is 1. The Kier molecular flexibility index (Phi) is 3.73. The number of rotatable bonds is 4. The van der Waals surface area contributed by atoms with E-state index in [1.54, 1.807) is 30.3 Å². The van der Waals surface area contributed by atoms with Crippen LogP contribution in [0.4, 0.5) is 0 Å². The number of Topliss-reactive ketones (excluding diaryl/α,β-unsaturated/α-hetero) is 1. The zero-order chi connectivity index (χ0) is 13.8. The zero-order valence-electron chi connectivity index (χ0n) is 9.98. The van der Waals surface area contributed by atoms with Gasteiger partial charge in [-0.25, -0.2) is 0 Å². The molecule has 0 heterocycles. The second-order valence-electron chi connectivity index (χ2n) is 4.04. The second-order valence-corrected chi connectivity index (χ2v) is 4.04. The molecule has 0 fully saturated rings. The summed E-state index contributed by atoms with van der Waals surface area (Å²) in [6.45, 7) is 0. The van der Waals surface area contributed by atoms with Gasteiger partial charge in [-0.1, -0.05) is 42.5 Å². The summed E-state index contributed by atoms with van der Waals surface area (Å²) >= 11 is 0. The van der Waals surface area contributed by atoms with Crippen molar-refractivity contribution in [1.82, 2.24) is 0 Å². The maximum Gasteiger partial charge on any atom is 0.195 e. The van der Waals surface area contributed by atoms with Crippen molar-refractivity contribution < 1.29 is 19.8 Å². The lowest BCUT2D eigenvalue weighted by atomic mass is 9.97. The van der Waals surface area contributed by atoms with Crippen molar-refractivity contribution in [2.45, 2.75) is 6.10 Å². The zero-order valence-corrected chi connectivity index (χ0v) is 9.98. The third kappa shape index (κ3) is 2.53. The van der Waals surface area contributed by atoms with Gasteiger partial charge in [0.05, 0.1) is 5.56 Å². The molecule has 4 nitrogen and oxygen atoms in total. The first kappa shape index (κ1) is 13.0. The van der Waals surface area contributed by atoms with Gasteiger partial charge >= 0.3 is 0 Å². The Hall–Kier alpha value is -2.46. The van der Waals surface area contributed by atoms with Crippen LogP contribution in [-0.2, 0) is 0 Å². The van der Waals surface area contributed by atoms with E-state index < -0.39 is 11.9 Å². The Morgan fingerprint density at radius 2 is 1.74 bits per heavy atom. The summed E-state index contributed by atoms with van der Waals surface area (Å²) in [4.78, 5) is 22.8. The molecule has 2 aromatic carbocycles. The van der Waals surface area contributed by atoms with Crippen LogP contribution in [0.1, 0.15) is 32.4 Å². The molecule has 2 aromatic rings. The monoisotopic (exact) mass is 256 g/mol. The Bertz CT molecular complexity index is 605. The molecule has 0 saturated carbocycles. The fourth-order valence-corrected chi connectivity index (χ4v) is 1.80. The minimum Gasteiger partial charge on any atom is -0.507 e. The van der Waals surface area contributed by atoms with Crippen LogP contribution in [-0.4, -0.2) is 22.3 Å². The number of hydrogen-bond donors (Lipinski definition) is 2. The Labute approximate surface area is 109 Å². The third-order valence-electron chi connectivity index (χ3n) is 2.83. The molecule has 2 rings (SSSR count). The van der Waals surface area contributed by atoms with E-state index in [9.17, 15) is 19.8 Å². The fourth-order valence-electron chi connectivity index (χ4n) is 1.80. The van der Waals surface area contributed by atoms with Crippen molar-refractivity contribution in [3.05, 3.63) is 65.2 Å². The summed E-state index contributed by atoms with van der Waals surface area (Å²) in [7, 11) is 0. The molecule has 1 unspecified atom stereocenters. The van der Waals surface area contributed by atoms with Crippen molar-refractivity contribution in [3.63, 3.8) is 0 Å². The number of hydrogen-bond acceptors (Lipinski definition) is 4. The molecule has 0 bridgehead atoms. The van der Waals surface area contributed by atoms with Crippen molar-refractivity contribution in [3.8, 4) is 5.75 Å². The highest BCUT2D eigenvalue weighted by atomic mass is 16.3. The molecule has 0 aliphatic carbocycles. The highest BCUT2D eigenvalue weighted by molar-refractivity contribution is 6.00. The normalized spacial score (nSPS) is 11.8. The lowest BCUT2D eigenvalue weighted by molar-refractivity contribution is 0.0741. The Balaban J connectivity index is 2.37. The number of aliphatic hydroxyl groups is 1. The number of para-hydroxylation sites is 1. The van der Waals surface area contributed by atoms with Crippen LogP contribution >= 0.6 is 0 Å². The van der Waals surface area contributed by atoms with E-state index in [2.05, 4.69) is 0 Å². The van der Waals surface area contributed by atoms with E-state index in [4.69, 9.17) is 0 Å². The maximum atomic E-state index is 12.0. The van der Waals surface area contributed by atoms with E-state index in [1.165, 1.54) is 18.2 Å². The molecule has 2 N–H and O–H groups in total. The number of carbonyl (C=O) groups excluding carboxylic acids is 2. The number of benzene rings is 2. The van der Waals surface area contributed by atoms with Crippen LogP contribution in [0, 0.1) is 0 Å². The quantitative estimate of drug-likeness (QED) is 0.649. The average molecular weight is 256 g/mol. The average Bonchev–Trinajstić information content (AvgIpc) is 2.47. The topological polar surface area (TPSA) is 74.6 Å². The number of aromatic hydroxyl groups is 1. The van der Waals surface area contributed by atoms with Crippen LogP contribution in [0.3, 0.4) is 0 Å². The highest BCUT2D eigenvalue weighted by Gasteiger charge is 2.22. The van der Waals surface area contributed by atoms with Gasteiger partial charge in [-0.05, 0) is 6.07 Å². The lowest BCUT2D eigenvalue weighted by Gasteiger charge is -2.12. The maximum absolute atomic E-state index is 12.0. The van der Waals surface area contributed by atoms with Crippen LogP contribution in [0.25, 0.3) is 0 Å². The number of aliphatic hydroxyl groups excluding tert-OH is 1. The number of ketones is 1. The van der Waals surface area contributed by atoms with E-state index >= 15 is 0 Å². The summed E-state index contributed by atoms with van der Waals surface area (Å²) in [6, 6.07) is 12.6. The number of phenols is 1. The van der Waals surface area contributed by atoms with Gasteiger partial charge in [-0.3, -0.25) is 9.59 Å². The molecule has 96 valence electrons. The van der Waals surface area contributed by atoms with E-state index in [0.717, 1.165) is 0 Å². The van der Waals surface area contributed by atoms with Gasteiger partial charge in [-0.15, -0.1) is 0 Å². The number of phenolic OH excluding ortho intramolecular Hbond substituents is 1. The molecule has 0 radical (unpaired) electrons. The summed E-state index contributed by atoms with van der Waals surface area (Å²) < 4.78 is 0. The molecule has 4 heteroatoms. The van der Waals surface area contributed by atoms with Gasteiger partial charge in [0.2, 0.25) is 0 Å². The molecule has 0 amide bonds. The largest absolute Gasteiger partial charge is 0.507 e. The van der Waals surface area contributed by atoms with Crippen molar-refractivity contribution in [1.29, 1.82) is 0 Å². The molecule has 1 atom stereocenters. The summed E-state index contributed by atoms with van der Waals surface area (Å²) in [5.41, 5.74) is 0.404. The second kappa shape index (κ2) is 5.46. The lowest BCUT2D eigenvalue weighted by Crippen LogP contribution is -2.12. The first-order valence-electron chi connectivity index (χ1n) is 5.69. The molecule has 19 heavy (non-hydrogen) atoms. The predicted octanol–water partition coefficient (Wildman–Crippen LogP) is 2.12. The van der Waals surface area contributed by atoms with E-state index in [-0.39, 0.29) is 16.9 Å². The van der Waals surface area contributed by atoms with Gasteiger partial charge in [-0.2, -0.15) is 0 Å². The predicted molar refractivity (Wildman–Crippen MR) is 69.2 cm³/mol. The summed E-state index contributed by atoms with van der Waals surface area (Å²) in [5, 5.41) is 19.8. The molecular weight excluding hydrogens is 244 g/mol. The minimum absolute atomic E-state index is 0.0263. The van der Waals surface area contributed by atoms with Gasteiger partial charge < -0.3 is 10.2 Å². The van der Waals surface area contributed by atoms with E-state index in [0.29, 0.717) is 11.8 Å². The molecular formula is C15H12O4. The SMILES string of the molecule is O=Cc1cccc(C(O)C(=O)c2ccccc2)c1O. The smallest absolute Gasteiger partial charge is 0.195 e. The molecule has 0 aromatic heterocycles. The van der Waals surface area contributed by atoms with Crippen molar-refractivity contribution >= 4 is 12.1 Å². The first-order valence-corrected chi connectivity index (χ1v) is 5.69. The van der Waals surface area contributed by atoms with Crippen LogP contribution in [0.15, 0.2) is 48.5 Å². The molecule has 0 aliphatic rings. The van der Waals surface area contributed by atoms with Crippen LogP contribution < -0.4 is 0 Å². The van der Waals surface area contributed by atoms with E-state index in [1.807, 2.05) is 0 Å². The number of carbonyl (C=O) groups is 2. The van der Waals surface area contributed by atoms with Crippen molar-refractivity contribution in [2.24, 2.45) is 0 Å². The summed E-state index contributed by atoms with van der Waals surface area (Å²) in [6.07, 6.45) is -1.03. The Morgan fingerprint density at radius 1 is 1.05 bits per heavy atom. The van der Waals surface area contributed by atoms with Gasteiger partial charge in [0.1, 0.15) is 11.9 Å². The molecule has 0 saturated heterocycles. The van der Waals surface area contributed by atoms with Gasteiger partial charge in [0.25, 0.3) is 0 Å². The Morgan fingerprint density at radius 3 is 2.37 bits per heavy atom. The van der Waals surface area contributed by atoms with Gasteiger partial charge in [0.15, 0.2) is 12.1 Å². The van der Waals surface area contributed by atoms with Gasteiger partial charge in [0, 0.05) is 11.1 Å². The fraction of sp³-hybridized carbons (Fsp3) is 0.0667. The standard InChI is InChI=1S/C15H12O4/c16-9-11-7-4-8-12(13(11)17)15(19)14(18)10-5-2-1-3-6-10/h1-9,15,17,19H. The third-order valence-corrected chi connectivity index (χ3v) is 2.83. The highest BCUT2D eigenvalue weighted by Crippen LogP contribution is 2.29.